The number of allylic oxidation sites excluding steroid dienone is 2. The van der Waals surface area contributed by atoms with Gasteiger partial charge < -0.3 is 14.7 Å². The second-order valence-electron chi connectivity index (χ2n) is 13.2. The first-order chi connectivity index (χ1) is 23.2. The second kappa shape index (κ2) is 16.4. The molecule has 1 fully saturated rings. The third-order valence-corrected chi connectivity index (χ3v) is 12.0. The van der Waals surface area contributed by atoms with Gasteiger partial charge in [-0.3, -0.25) is 9.52 Å². The van der Waals surface area contributed by atoms with Crippen LogP contribution in [0.5, 0.6) is 5.75 Å². The number of aromatic nitrogens is 1. The monoisotopic (exact) mass is 695 g/mol. The van der Waals surface area contributed by atoms with E-state index in [1.807, 2.05) is 31.2 Å². The molecular weight excluding hydrogens is 649 g/mol. The average Bonchev–Trinajstić information content (AvgIpc) is 3.26. The lowest BCUT2D eigenvalue weighted by Gasteiger charge is -2.44. The number of carbonyl (C=O) groups excluding carboxylic acids is 1. The van der Waals surface area contributed by atoms with E-state index >= 15 is 0 Å². The number of aryl methyl sites for hydroxylation is 1. The molecule has 0 saturated heterocycles. The minimum Gasteiger partial charge on any atom is -0.491 e. The van der Waals surface area contributed by atoms with Crippen LogP contribution in [0, 0.1) is 23.7 Å². The van der Waals surface area contributed by atoms with Gasteiger partial charge in [-0.05, 0) is 103 Å². The van der Waals surface area contributed by atoms with Crippen molar-refractivity contribution >= 4 is 34.2 Å². The van der Waals surface area contributed by atoms with E-state index in [9.17, 15) is 13.4 Å². The van der Waals surface area contributed by atoms with Crippen LogP contribution in [-0.4, -0.2) is 52.3 Å². The molecule has 10 heteroatoms. The standard InChI is InChI=1S/C37H43ClFN3O3S.CH4O/c1-4-6-25-17-30(38)12-14-31(25)29-21-42-20-28-9-13-33(28)32(27-11-16-36(39)40-19-27)8-5-7-23(2)24(3)46(44)41-37(43)26-10-15-35(45-22-29)34(42)18-26;1-2/h5,8,10-12,14-19,23-24,28-29,32-33H,4,6-7,9,13,20-22H2,1-3H3,(H,41,43);2H,1H3/b8-5+;. The van der Waals surface area contributed by atoms with E-state index in [4.69, 9.17) is 21.4 Å². The number of amides is 1. The zero-order chi connectivity index (χ0) is 34.4. The van der Waals surface area contributed by atoms with Crippen LogP contribution in [0.25, 0.3) is 0 Å². The largest absolute Gasteiger partial charge is 0.491 e. The summed E-state index contributed by atoms with van der Waals surface area (Å²) in [5, 5.41) is 7.49. The lowest BCUT2D eigenvalue weighted by atomic mass is 9.65. The minimum atomic E-state index is -1.56. The number of hydrogen-bond acceptors (Lipinski definition) is 6. The molecule has 1 amide bonds. The van der Waals surface area contributed by atoms with Crippen LogP contribution in [0.4, 0.5) is 10.1 Å². The molecule has 48 heavy (non-hydrogen) atoms. The van der Waals surface area contributed by atoms with Crippen molar-refractivity contribution in [3.8, 4) is 5.75 Å². The fourth-order valence-electron chi connectivity index (χ4n) is 7.20. The molecule has 7 unspecified atom stereocenters. The maximum atomic E-state index is 13.9. The number of aliphatic hydroxyl groups excluding tert-OH is 1. The summed E-state index contributed by atoms with van der Waals surface area (Å²) in [5.41, 5.74) is 4.83. The van der Waals surface area contributed by atoms with Crippen LogP contribution in [0.15, 0.2) is 66.9 Å². The number of hydrogen-bond donors (Lipinski definition) is 2. The van der Waals surface area contributed by atoms with Gasteiger partial charge in [0.25, 0.3) is 5.91 Å². The first-order valence-corrected chi connectivity index (χ1v) is 18.5. The SMILES string of the molecule is CCCc1cc(Cl)ccc1C1COc2ccc3cc2N(C1)CC1CCC1C(c1ccc(F)nc1)/C=C/CC(C)C(C)S(=O)NC3=O.CO. The van der Waals surface area contributed by atoms with Gasteiger partial charge in [0.15, 0.2) is 0 Å². The molecule has 2 aliphatic heterocycles. The second-order valence-corrected chi connectivity index (χ2v) is 15.2. The van der Waals surface area contributed by atoms with Crippen molar-refractivity contribution in [1.82, 2.24) is 9.71 Å². The highest BCUT2D eigenvalue weighted by atomic mass is 35.5. The number of nitrogens with one attached hydrogen (secondary N) is 1. The molecule has 7 nitrogen and oxygen atoms in total. The van der Waals surface area contributed by atoms with E-state index in [-0.39, 0.29) is 28.9 Å². The Bertz CT molecular complexity index is 1620. The molecule has 0 spiro atoms. The fourth-order valence-corrected chi connectivity index (χ4v) is 8.42. The molecule has 2 aromatic carbocycles. The predicted molar refractivity (Wildman–Crippen MR) is 192 cm³/mol. The number of rotatable bonds is 4. The summed E-state index contributed by atoms with van der Waals surface area (Å²) in [7, 11) is -0.560. The van der Waals surface area contributed by atoms with Gasteiger partial charge in [0, 0.05) is 48.8 Å². The molecule has 7 atom stereocenters. The maximum absolute atomic E-state index is 13.9. The smallest absolute Gasteiger partial charge is 0.263 e. The van der Waals surface area contributed by atoms with Gasteiger partial charge in [0.05, 0.1) is 17.5 Å². The number of fused-ring (bicyclic) bond motifs is 2. The van der Waals surface area contributed by atoms with Crippen molar-refractivity contribution in [2.24, 2.45) is 17.8 Å². The molecule has 258 valence electrons. The molecule has 3 aliphatic rings. The summed E-state index contributed by atoms with van der Waals surface area (Å²) in [5.74, 6) is 0.895. The summed E-state index contributed by atoms with van der Waals surface area (Å²) in [4.78, 5) is 19.8. The minimum absolute atomic E-state index is 0.0767. The molecule has 2 N–H and O–H groups in total. The molecular formula is C38H47ClFN3O4S. The van der Waals surface area contributed by atoms with Gasteiger partial charge >= 0.3 is 0 Å². The highest BCUT2D eigenvalue weighted by molar-refractivity contribution is 7.84. The van der Waals surface area contributed by atoms with Gasteiger partial charge in [-0.1, -0.05) is 56.2 Å². The molecule has 2 bridgehead atoms. The summed E-state index contributed by atoms with van der Waals surface area (Å²) >= 11 is 6.43. The van der Waals surface area contributed by atoms with Gasteiger partial charge in [-0.25, -0.2) is 9.19 Å². The number of ether oxygens (including phenoxy) is 1. The van der Waals surface area contributed by atoms with Crippen molar-refractivity contribution in [3.63, 3.8) is 0 Å². The highest BCUT2D eigenvalue weighted by Gasteiger charge is 2.39. The average molecular weight is 696 g/mol. The van der Waals surface area contributed by atoms with Crippen molar-refractivity contribution in [2.45, 2.75) is 70.0 Å². The molecule has 6 rings (SSSR count). The lowest BCUT2D eigenvalue weighted by Crippen LogP contribution is -2.42. The van der Waals surface area contributed by atoms with Crippen LogP contribution >= 0.6 is 11.6 Å². The molecule has 1 saturated carbocycles. The Kier molecular flexibility index (Phi) is 12.3. The number of nitrogens with zero attached hydrogens (tertiary/aromatic N) is 2. The van der Waals surface area contributed by atoms with E-state index in [1.165, 1.54) is 17.2 Å². The Hall–Kier alpha value is -3.27. The van der Waals surface area contributed by atoms with Gasteiger partial charge in [0.2, 0.25) is 5.95 Å². The summed E-state index contributed by atoms with van der Waals surface area (Å²) < 4.78 is 36.4. The number of benzene rings is 2. The molecule has 0 radical (unpaired) electrons. The number of pyridine rings is 1. The van der Waals surface area contributed by atoms with E-state index in [0.29, 0.717) is 24.0 Å². The molecule has 3 heterocycles. The Morgan fingerprint density at radius 3 is 2.62 bits per heavy atom. The van der Waals surface area contributed by atoms with Gasteiger partial charge in [-0.2, -0.15) is 4.39 Å². The van der Waals surface area contributed by atoms with E-state index < -0.39 is 16.9 Å². The van der Waals surface area contributed by atoms with Gasteiger partial charge in [-0.15, -0.1) is 0 Å². The van der Waals surface area contributed by atoms with Gasteiger partial charge in [0.1, 0.15) is 16.7 Å². The van der Waals surface area contributed by atoms with Crippen LogP contribution in [0.2, 0.25) is 5.02 Å². The van der Waals surface area contributed by atoms with E-state index in [0.717, 1.165) is 74.3 Å². The van der Waals surface area contributed by atoms with Crippen LogP contribution < -0.4 is 14.4 Å². The van der Waals surface area contributed by atoms with Crippen molar-refractivity contribution in [1.29, 1.82) is 0 Å². The Morgan fingerprint density at radius 2 is 1.92 bits per heavy atom. The number of aliphatic hydroxyl groups is 1. The summed E-state index contributed by atoms with van der Waals surface area (Å²) in [6.45, 7) is 8.17. The molecule has 1 aliphatic carbocycles. The first kappa shape index (κ1) is 36.0. The van der Waals surface area contributed by atoms with Crippen LogP contribution in [0.1, 0.15) is 85.3 Å². The number of halogens is 2. The Labute approximate surface area is 291 Å². The quantitative estimate of drug-likeness (QED) is 0.216. The third kappa shape index (κ3) is 8.12. The zero-order valence-corrected chi connectivity index (χ0v) is 29.8. The van der Waals surface area contributed by atoms with Crippen molar-refractivity contribution in [2.75, 3.05) is 31.7 Å². The van der Waals surface area contributed by atoms with Crippen molar-refractivity contribution in [3.05, 3.63) is 100 Å². The fraction of sp³-hybridized carbons (Fsp3) is 0.474. The number of carbonyl (C=O) groups is 1. The summed E-state index contributed by atoms with van der Waals surface area (Å²) in [6.07, 6.45) is 10.9. The maximum Gasteiger partial charge on any atom is 0.263 e. The summed E-state index contributed by atoms with van der Waals surface area (Å²) in [6, 6.07) is 15.0. The first-order valence-electron chi connectivity index (χ1n) is 17.0. The number of anilines is 1. The van der Waals surface area contributed by atoms with E-state index in [2.05, 4.69) is 52.7 Å². The highest BCUT2D eigenvalue weighted by Crippen LogP contribution is 2.47. The Balaban J connectivity index is 0.00000221. The van der Waals surface area contributed by atoms with Crippen molar-refractivity contribution < 1.29 is 23.2 Å². The zero-order valence-electron chi connectivity index (χ0n) is 28.2. The third-order valence-electron chi connectivity index (χ3n) is 10.2. The normalized spacial score (nSPS) is 27.9. The van der Waals surface area contributed by atoms with Crippen LogP contribution in [0.3, 0.4) is 0 Å². The molecule has 3 aromatic rings. The van der Waals surface area contributed by atoms with E-state index in [1.54, 1.807) is 12.3 Å². The lowest BCUT2D eigenvalue weighted by molar-refractivity contribution is 0.0982. The topological polar surface area (TPSA) is 91.8 Å². The predicted octanol–water partition coefficient (Wildman–Crippen LogP) is 7.61. The Morgan fingerprint density at radius 1 is 1.10 bits per heavy atom. The molecule has 1 aromatic heterocycles. The van der Waals surface area contributed by atoms with Crippen LogP contribution in [-0.2, 0) is 17.4 Å².